The summed E-state index contributed by atoms with van der Waals surface area (Å²) in [5, 5.41) is 3.71. The Bertz CT molecular complexity index is 490. The summed E-state index contributed by atoms with van der Waals surface area (Å²) in [6.07, 6.45) is 0. The van der Waals surface area contributed by atoms with Gasteiger partial charge in [0.05, 0.1) is 0 Å². The molecule has 0 aliphatic carbocycles. The molecular formula is C13H13ClFNS. The standard InChI is InChI=1S/C13H13ClFNS/c1-9-2-3-13(17-9)8-16-7-10-4-11(14)6-12(15)5-10/h2-6,16H,7-8H2,1H3. The second-order valence-electron chi connectivity index (χ2n) is 3.89. The minimum atomic E-state index is -0.290. The van der Waals surface area contributed by atoms with Crippen molar-refractivity contribution in [3.05, 3.63) is 56.5 Å². The molecule has 0 atom stereocenters. The van der Waals surface area contributed by atoms with Crippen LogP contribution in [0.5, 0.6) is 0 Å². The minimum Gasteiger partial charge on any atom is -0.308 e. The van der Waals surface area contributed by atoms with E-state index in [1.807, 2.05) is 0 Å². The van der Waals surface area contributed by atoms with Crippen LogP contribution in [0.15, 0.2) is 30.3 Å². The van der Waals surface area contributed by atoms with Gasteiger partial charge in [0.1, 0.15) is 5.82 Å². The molecular weight excluding hydrogens is 257 g/mol. The maximum atomic E-state index is 13.1. The predicted octanol–water partition coefficient (Wildman–Crippen LogP) is 4.14. The Morgan fingerprint density at radius 1 is 1.24 bits per heavy atom. The lowest BCUT2D eigenvalue weighted by Crippen LogP contribution is -2.11. The highest BCUT2D eigenvalue weighted by Crippen LogP contribution is 2.16. The Kier molecular flexibility index (Phi) is 4.15. The highest BCUT2D eigenvalue weighted by Gasteiger charge is 2.00. The fourth-order valence-corrected chi connectivity index (χ4v) is 2.73. The van der Waals surface area contributed by atoms with Crippen molar-refractivity contribution in [3.8, 4) is 0 Å². The van der Waals surface area contributed by atoms with Crippen molar-refractivity contribution in [1.29, 1.82) is 0 Å². The van der Waals surface area contributed by atoms with Gasteiger partial charge in [0, 0.05) is 27.9 Å². The molecule has 1 nitrogen and oxygen atoms in total. The Hall–Kier alpha value is -0.900. The topological polar surface area (TPSA) is 12.0 Å². The lowest BCUT2D eigenvalue weighted by Gasteiger charge is -2.04. The first-order valence-corrected chi connectivity index (χ1v) is 6.54. The number of hydrogen-bond donors (Lipinski definition) is 1. The third-order valence-electron chi connectivity index (χ3n) is 2.35. The van der Waals surface area contributed by atoms with Crippen LogP contribution in [-0.4, -0.2) is 0 Å². The molecule has 2 aromatic rings. The molecule has 0 aliphatic rings. The largest absolute Gasteiger partial charge is 0.308 e. The molecule has 1 aromatic heterocycles. The number of nitrogens with one attached hydrogen (secondary N) is 1. The van der Waals surface area contributed by atoms with E-state index in [4.69, 9.17) is 11.6 Å². The number of halogens is 2. The molecule has 1 heterocycles. The second-order valence-corrected chi connectivity index (χ2v) is 5.70. The molecule has 0 saturated heterocycles. The summed E-state index contributed by atoms with van der Waals surface area (Å²) in [5.74, 6) is -0.290. The third-order valence-corrected chi connectivity index (χ3v) is 3.57. The molecule has 0 amide bonds. The van der Waals surface area contributed by atoms with Crippen LogP contribution in [-0.2, 0) is 13.1 Å². The van der Waals surface area contributed by atoms with Gasteiger partial charge in [-0.25, -0.2) is 4.39 Å². The van der Waals surface area contributed by atoms with Gasteiger partial charge >= 0.3 is 0 Å². The lowest BCUT2D eigenvalue weighted by molar-refractivity contribution is 0.620. The van der Waals surface area contributed by atoms with Crippen LogP contribution in [0, 0.1) is 12.7 Å². The summed E-state index contributed by atoms with van der Waals surface area (Å²) >= 11 is 7.55. The van der Waals surface area contributed by atoms with Gasteiger partial charge in [0.15, 0.2) is 0 Å². The second kappa shape index (κ2) is 5.63. The van der Waals surface area contributed by atoms with Gasteiger partial charge in [-0.1, -0.05) is 11.6 Å². The van der Waals surface area contributed by atoms with Gasteiger partial charge in [-0.15, -0.1) is 11.3 Å². The van der Waals surface area contributed by atoms with Crippen LogP contribution in [0.4, 0.5) is 4.39 Å². The monoisotopic (exact) mass is 269 g/mol. The number of thiophene rings is 1. The van der Waals surface area contributed by atoms with E-state index in [1.165, 1.54) is 21.9 Å². The zero-order chi connectivity index (χ0) is 12.3. The van der Waals surface area contributed by atoms with Crippen molar-refractivity contribution in [2.24, 2.45) is 0 Å². The number of rotatable bonds is 4. The van der Waals surface area contributed by atoms with Crippen molar-refractivity contribution in [3.63, 3.8) is 0 Å². The molecule has 0 radical (unpaired) electrons. The van der Waals surface area contributed by atoms with Gasteiger partial charge in [-0.05, 0) is 42.8 Å². The van der Waals surface area contributed by atoms with Crippen LogP contribution in [0.2, 0.25) is 5.02 Å². The van der Waals surface area contributed by atoms with E-state index in [1.54, 1.807) is 17.4 Å². The first kappa shape index (κ1) is 12.6. The van der Waals surface area contributed by atoms with E-state index < -0.39 is 0 Å². The molecule has 0 bridgehead atoms. The first-order chi connectivity index (χ1) is 8.13. The maximum Gasteiger partial charge on any atom is 0.125 e. The SMILES string of the molecule is Cc1ccc(CNCc2cc(F)cc(Cl)c2)s1. The zero-order valence-electron chi connectivity index (χ0n) is 9.47. The van der Waals surface area contributed by atoms with Crippen LogP contribution in [0.1, 0.15) is 15.3 Å². The summed E-state index contributed by atoms with van der Waals surface area (Å²) in [5.41, 5.74) is 0.864. The molecule has 0 unspecified atom stereocenters. The number of benzene rings is 1. The van der Waals surface area contributed by atoms with E-state index in [0.717, 1.165) is 12.1 Å². The van der Waals surface area contributed by atoms with E-state index >= 15 is 0 Å². The maximum absolute atomic E-state index is 13.1. The Morgan fingerprint density at radius 2 is 2.06 bits per heavy atom. The highest BCUT2D eigenvalue weighted by atomic mass is 35.5. The lowest BCUT2D eigenvalue weighted by atomic mass is 10.2. The Morgan fingerprint density at radius 3 is 2.71 bits per heavy atom. The van der Waals surface area contributed by atoms with Crippen LogP contribution >= 0.6 is 22.9 Å². The fourth-order valence-electron chi connectivity index (χ4n) is 1.62. The van der Waals surface area contributed by atoms with Crippen LogP contribution < -0.4 is 5.32 Å². The summed E-state index contributed by atoms with van der Waals surface area (Å²) in [6, 6.07) is 8.79. The van der Waals surface area contributed by atoms with Gasteiger partial charge in [0.2, 0.25) is 0 Å². The first-order valence-electron chi connectivity index (χ1n) is 5.34. The molecule has 1 N–H and O–H groups in total. The van der Waals surface area contributed by atoms with Crippen molar-refractivity contribution >= 4 is 22.9 Å². The predicted molar refractivity (Wildman–Crippen MR) is 71.0 cm³/mol. The molecule has 1 aromatic carbocycles. The molecule has 0 saturated carbocycles. The van der Waals surface area contributed by atoms with E-state index in [9.17, 15) is 4.39 Å². The average Bonchev–Trinajstić information content (AvgIpc) is 2.63. The number of aryl methyl sites for hydroxylation is 1. The van der Waals surface area contributed by atoms with E-state index in [0.29, 0.717) is 11.6 Å². The smallest absolute Gasteiger partial charge is 0.125 e. The third kappa shape index (κ3) is 3.80. The van der Waals surface area contributed by atoms with Gasteiger partial charge in [-0.2, -0.15) is 0 Å². The molecule has 0 spiro atoms. The van der Waals surface area contributed by atoms with Crippen LogP contribution in [0.25, 0.3) is 0 Å². The summed E-state index contributed by atoms with van der Waals surface area (Å²) < 4.78 is 13.1. The van der Waals surface area contributed by atoms with Crippen molar-refractivity contribution in [1.82, 2.24) is 5.32 Å². The summed E-state index contributed by atoms with van der Waals surface area (Å²) in [6.45, 7) is 3.50. The summed E-state index contributed by atoms with van der Waals surface area (Å²) in [4.78, 5) is 2.58. The minimum absolute atomic E-state index is 0.290. The molecule has 4 heteroatoms. The van der Waals surface area contributed by atoms with Crippen molar-refractivity contribution < 1.29 is 4.39 Å². The molecule has 90 valence electrons. The normalized spacial score (nSPS) is 10.8. The molecule has 2 rings (SSSR count). The Labute approximate surface area is 109 Å². The highest BCUT2D eigenvalue weighted by molar-refractivity contribution is 7.11. The molecule has 0 fully saturated rings. The van der Waals surface area contributed by atoms with Gasteiger partial charge < -0.3 is 5.32 Å². The summed E-state index contributed by atoms with van der Waals surface area (Å²) in [7, 11) is 0. The molecule has 17 heavy (non-hydrogen) atoms. The zero-order valence-corrected chi connectivity index (χ0v) is 11.0. The van der Waals surface area contributed by atoms with Crippen molar-refractivity contribution in [2.45, 2.75) is 20.0 Å². The average molecular weight is 270 g/mol. The van der Waals surface area contributed by atoms with E-state index in [-0.39, 0.29) is 5.82 Å². The molecule has 0 aliphatic heterocycles. The van der Waals surface area contributed by atoms with E-state index in [2.05, 4.69) is 24.4 Å². The quantitative estimate of drug-likeness (QED) is 0.880. The fraction of sp³-hybridized carbons (Fsp3) is 0.231. The van der Waals surface area contributed by atoms with Crippen molar-refractivity contribution in [2.75, 3.05) is 0 Å². The van der Waals surface area contributed by atoms with Crippen LogP contribution in [0.3, 0.4) is 0 Å². The van der Waals surface area contributed by atoms with Gasteiger partial charge in [-0.3, -0.25) is 0 Å². The number of hydrogen-bond acceptors (Lipinski definition) is 2. The Balaban J connectivity index is 1.89. The van der Waals surface area contributed by atoms with Gasteiger partial charge in [0.25, 0.3) is 0 Å².